The van der Waals surface area contributed by atoms with Crippen LogP contribution in [-0.2, 0) is 5.33 Å². The number of aromatic nitrogens is 1. The number of phenols is 1. The van der Waals surface area contributed by atoms with Gasteiger partial charge in [-0.3, -0.25) is 0 Å². The van der Waals surface area contributed by atoms with Gasteiger partial charge in [0.05, 0.1) is 10.4 Å². The van der Waals surface area contributed by atoms with Crippen molar-refractivity contribution in [3.05, 3.63) is 23.9 Å². The summed E-state index contributed by atoms with van der Waals surface area (Å²) in [5, 5.41) is 11.2. The van der Waals surface area contributed by atoms with Gasteiger partial charge in [-0.25, -0.2) is 0 Å². The number of halogens is 1. The number of hydrogen-bond acceptors (Lipinski definition) is 3. The van der Waals surface area contributed by atoms with Crippen LogP contribution in [0.1, 0.15) is 5.69 Å². The van der Waals surface area contributed by atoms with E-state index in [0.29, 0.717) is 5.75 Å². The quantitative estimate of drug-likeness (QED) is 0.782. The van der Waals surface area contributed by atoms with Gasteiger partial charge in [0.25, 0.3) is 0 Å². The lowest BCUT2D eigenvalue weighted by atomic mass is 10.2. The summed E-state index contributed by atoms with van der Waals surface area (Å²) in [5.74, 6) is 0.317. The Bertz CT molecular complexity index is 412. The Balaban J connectivity index is 2.80. The summed E-state index contributed by atoms with van der Waals surface area (Å²) >= 11 is 4.68. The molecule has 1 heterocycles. The zero-order chi connectivity index (χ0) is 8.55. The van der Waals surface area contributed by atoms with Crippen LogP contribution in [0.4, 0.5) is 0 Å². The molecule has 4 heteroatoms. The molecule has 2 rings (SSSR count). The molecule has 0 radical (unpaired) electrons. The molecule has 12 heavy (non-hydrogen) atoms. The lowest BCUT2D eigenvalue weighted by molar-refractivity contribution is 0.482. The molecule has 2 aromatic rings. The summed E-state index contributed by atoms with van der Waals surface area (Å²) in [6.07, 6.45) is 0. The maximum Gasteiger partial charge on any atom is 0.135 e. The highest BCUT2D eigenvalue weighted by atomic mass is 79.9. The maximum atomic E-state index is 9.44. The summed E-state index contributed by atoms with van der Waals surface area (Å²) in [5.41, 5.74) is 0.992. The number of benzene rings is 1. The fourth-order valence-corrected chi connectivity index (χ4v) is 2.50. The molecule has 0 spiro atoms. The highest BCUT2D eigenvalue weighted by Gasteiger charge is 2.06. The van der Waals surface area contributed by atoms with Crippen molar-refractivity contribution in [2.75, 3.05) is 0 Å². The lowest BCUT2D eigenvalue weighted by Crippen LogP contribution is -1.74. The lowest BCUT2D eigenvalue weighted by Gasteiger charge is -1.92. The third kappa shape index (κ3) is 1.11. The predicted octanol–water partition coefficient (Wildman–Crippen LogP) is 2.90. The number of fused-ring (bicyclic) bond motifs is 1. The molecular weight excluding hydrogens is 238 g/mol. The first-order valence-corrected chi connectivity index (χ1v) is 5.34. The van der Waals surface area contributed by atoms with E-state index in [-0.39, 0.29) is 0 Å². The Morgan fingerprint density at radius 1 is 1.50 bits per heavy atom. The van der Waals surface area contributed by atoms with Crippen LogP contribution in [0.15, 0.2) is 18.2 Å². The molecule has 0 aliphatic rings. The van der Waals surface area contributed by atoms with Crippen LogP contribution in [0.3, 0.4) is 0 Å². The molecule has 1 aromatic heterocycles. The number of hydrogen-bond donors (Lipinski definition) is 1. The number of phenolic OH excluding ortho intramolecular Hbond substituents is 1. The molecule has 0 saturated carbocycles. The zero-order valence-corrected chi connectivity index (χ0v) is 8.52. The molecule has 0 aliphatic heterocycles. The van der Waals surface area contributed by atoms with Crippen molar-refractivity contribution in [1.29, 1.82) is 0 Å². The van der Waals surface area contributed by atoms with E-state index in [9.17, 15) is 5.11 Å². The number of nitrogens with zero attached hydrogens (tertiary/aromatic N) is 1. The van der Waals surface area contributed by atoms with E-state index in [2.05, 4.69) is 20.3 Å². The van der Waals surface area contributed by atoms with Crippen LogP contribution in [-0.4, -0.2) is 9.48 Å². The molecule has 0 unspecified atom stereocenters. The number of aromatic hydroxyl groups is 1. The van der Waals surface area contributed by atoms with Crippen LogP contribution >= 0.6 is 27.5 Å². The fourth-order valence-electron chi connectivity index (χ4n) is 1.09. The minimum absolute atomic E-state index is 0.317. The van der Waals surface area contributed by atoms with Crippen molar-refractivity contribution in [3.8, 4) is 5.75 Å². The molecule has 2 nitrogen and oxygen atoms in total. The highest BCUT2D eigenvalue weighted by molar-refractivity contribution is 9.08. The van der Waals surface area contributed by atoms with Gasteiger partial charge in [0, 0.05) is 10.7 Å². The Labute approximate surface area is 82.1 Å². The van der Waals surface area contributed by atoms with Crippen LogP contribution in [0.5, 0.6) is 5.75 Å². The van der Waals surface area contributed by atoms with Gasteiger partial charge >= 0.3 is 0 Å². The van der Waals surface area contributed by atoms with Gasteiger partial charge in [-0.15, -0.1) is 0 Å². The number of alkyl halides is 1. The molecule has 62 valence electrons. The maximum absolute atomic E-state index is 9.44. The van der Waals surface area contributed by atoms with E-state index in [1.807, 2.05) is 12.1 Å². The van der Waals surface area contributed by atoms with E-state index >= 15 is 0 Å². The Morgan fingerprint density at radius 2 is 2.33 bits per heavy atom. The largest absolute Gasteiger partial charge is 0.506 e. The summed E-state index contributed by atoms with van der Waals surface area (Å²) in [7, 11) is 0. The standard InChI is InChI=1S/C8H6BrNOS/c9-4-6-5-2-1-3-7(11)8(5)12-10-6/h1-3,11H,4H2. The minimum Gasteiger partial charge on any atom is -0.506 e. The summed E-state index contributed by atoms with van der Waals surface area (Å²) < 4.78 is 5.08. The Kier molecular flexibility index (Phi) is 2.02. The molecule has 0 saturated heterocycles. The van der Waals surface area contributed by atoms with Gasteiger partial charge in [-0.05, 0) is 17.6 Å². The summed E-state index contributed by atoms with van der Waals surface area (Å²) in [6, 6.07) is 5.48. The van der Waals surface area contributed by atoms with Crippen molar-refractivity contribution in [2.24, 2.45) is 0 Å². The van der Waals surface area contributed by atoms with Gasteiger partial charge in [0.15, 0.2) is 0 Å². The number of rotatable bonds is 1. The van der Waals surface area contributed by atoms with Crippen molar-refractivity contribution < 1.29 is 5.11 Å². The van der Waals surface area contributed by atoms with Gasteiger partial charge in [-0.1, -0.05) is 28.1 Å². The average molecular weight is 244 g/mol. The minimum atomic E-state index is 0.317. The van der Waals surface area contributed by atoms with Gasteiger partial charge in [0.1, 0.15) is 5.75 Å². The van der Waals surface area contributed by atoms with Gasteiger partial charge in [-0.2, -0.15) is 4.37 Å². The third-order valence-corrected chi connectivity index (χ3v) is 3.13. The van der Waals surface area contributed by atoms with Gasteiger partial charge < -0.3 is 5.11 Å². The van der Waals surface area contributed by atoms with E-state index in [4.69, 9.17) is 0 Å². The molecule has 0 fully saturated rings. The SMILES string of the molecule is Oc1cccc2c(CBr)nsc12. The van der Waals surface area contributed by atoms with Crippen molar-refractivity contribution >= 4 is 37.5 Å². The smallest absolute Gasteiger partial charge is 0.135 e. The second-order valence-electron chi connectivity index (χ2n) is 2.42. The van der Waals surface area contributed by atoms with Crippen LogP contribution in [0.25, 0.3) is 10.1 Å². The second kappa shape index (κ2) is 3.03. The first-order chi connectivity index (χ1) is 5.83. The van der Waals surface area contributed by atoms with Crippen LogP contribution < -0.4 is 0 Å². The van der Waals surface area contributed by atoms with Gasteiger partial charge in [0.2, 0.25) is 0 Å². The Hall–Kier alpha value is -0.610. The third-order valence-electron chi connectivity index (χ3n) is 1.68. The monoisotopic (exact) mass is 243 g/mol. The van der Waals surface area contributed by atoms with E-state index < -0.39 is 0 Å². The first-order valence-electron chi connectivity index (χ1n) is 3.45. The Morgan fingerprint density at radius 3 is 3.08 bits per heavy atom. The molecule has 0 atom stereocenters. The fraction of sp³-hybridized carbons (Fsp3) is 0.125. The summed E-state index contributed by atoms with van der Waals surface area (Å²) in [4.78, 5) is 0. The van der Waals surface area contributed by atoms with E-state index in [1.165, 1.54) is 11.5 Å². The molecule has 1 aromatic carbocycles. The predicted molar refractivity (Wildman–Crippen MR) is 53.9 cm³/mol. The molecule has 1 N–H and O–H groups in total. The van der Waals surface area contributed by atoms with Crippen molar-refractivity contribution in [3.63, 3.8) is 0 Å². The van der Waals surface area contributed by atoms with Crippen molar-refractivity contribution in [2.45, 2.75) is 5.33 Å². The van der Waals surface area contributed by atoms with E-state index in [1.54, 1.807) is 6.07 Å². The summed E-state index contributed by atoms with van der Waals surface area (Å²) in [6.45, 7) is 0. The molecular formula is C8H6BrNOS. The molecule has 0 bridgehead atoms. The molecule has 0 amide bonds. The van der Waals surface area contributed by atoms with E-state index in [0.717, 1.165) is 21.1 Å². The van der Waals surface area contributed by atoms with Crippen LogP contribution in [0, 0.1) is 0 Å². The normalized spacial score (nSPS) is 10.8. The van der Waals surface area contributed by atoms with Crippen molar-refractivity contribution in [1.82, 2.24) is 4.37 Å². The van der Waals surface area contributed by atoms with Crippen LogP contribution in [0.2, 0.25) is 0 Å². The second-order valence-corrected chi connectivity index (χ2v) is 3.75. The topological polar surface area (TPSA) is 33.1 Å². The highest BCUT2D eigenvalue weighted by Crippen LogP contribution is 2.31. The zero-order valence-electron chi connectivity index (χ0n) is 6.12. The average Bonchev–Trinajstić information content (AvgIpc) is 2.49. The molecule has 0 aliphatic carbocycles. The first kappa shape index (κ1) is 8.01.